The summed E-state index contributed by atoms with van der Waals surface area (Å²) in [7, 11) is 0. The van der Waals surface area contributed by atoms with Crippen molar-refractivity contribution in [3.8, 4) is 0 Å². The first-order chi connectivity index (χ1) is 8.36. The molecule has 0 bridgehead atoms. The molecular formula is C14H22N2S. The first-order valence-corrected chi connectivity index (χ1v) is 7.82. The van der Waals surface area contributed by atoms with Crippen molar-refractivity contribution in [2.75, 3.05) is 19.3 Å². The van der Waals surface area contributed by atoms with Crippen LogP contribution >= 0.6 is 11.8 Å². The Balaban J connectivity index is 2.22. The summed E-state index contributed by atoms with van der Waals surface area (Å²) in [4.78, 5) is 7.14. The highest BCUT2D eigenvalue weighted by molar-refractivity contribution is 7.98. The predicted octanol–water partition coefficient (Wildman–Crippen LogP) is 3.74. The van der Waals surface area contributed by atoms with Gasteiger partial charge in [-0.15, -0.1) is 11.8 Å². The zero-order chi connectivity index (χ0) is 12.1. The summed E-state index contributed by atoms with van der Waals surface area (Å²) in [5.41, 5.74) is 1.44. The lowest BCUT2D eigenvalue weighted by molar-refractivity contribution is 0.146. The molecule has 3 heteroatoms. The van der Waals surface area contributed by atoms with E-state index in [4.69, 9.17) is 0 Å². The van der Waals surface area contributed by atoms with E-state index in [9.17, 15) is 0 Å². The lowest BCUT2D eigenvalue weighted by Gasteiger charge is -2.36. The van der Waals surface area contributed by atoms with Gasteiger partial charge in [0.05, 0.1) is 0 Å². The van der Waals surface area contributed by atoms with E-state index in [2.05, 4.69) is 35.2 Å². The maximum atomic E-state index is 4.50. The number of thioether (sulfide) groups is 1. The summed E-state index contributed by atoms with van der Waals surface area (Å²) >= 11 is 1.77. The molecule has 0 aliphatic carbocycles. The molecule has 2 nitrogen and oxygen atoms in total. The van der Waals surface area contributed by atoms with Crippen molar-refractivity contribution in [3.63, 3.8) is 0 Å². The van der Waals surface area contributed by atoms with Crippen molar-refractivity contribution >= 4 is 11.8 Å². The Morgan fingerprint density at radius 2 is 2.35 bits per heavy atom. The van der Waals surface area contributed by atoms with Gasteiger partial charge in [-0.3, -0.25) is 4.90 Å². The molecule has 1 aromatic rings. The van der Waals surface area contributed by atoms with Crippen molar-refractivity contribution < 1.29 is 0 Å². The summed E-state index contributed by atoms with van der Waals surface area (Å²) in [6, 6.07) is 4.94. The zero-order valence-electron chi connectivity index (χ0n) is 10.9. The minimum atomic E-state index is 0.597. The van der Waals surface area contributed by atoms with Crippen LogP contribution in [0, 0.1) is 0 Å². The number of pyridine rings is 1. The van der Waals surface area contributed by atoms with Gasteiger partial charge in [-0.05, 0) is 44.7 Å². The number of hydrogen-bond donors (Lipinski definition) is 0. The van der Waals surface area contributed by atoms with Gasteiger partial charge in [0.2, 0.25) is 0 Å². The number of aromatic nitrogens is 1. The van der Waals surface area contributed by atoms with Gasteiger partial charge in [-0.1, -0.05) is 19.4 Å². The quantitative estimate of drug-likeness (QED) is 0.757. The number of piperidine rings is 1. The molecule has 17 heavy (non-hydrogen) atoms. The van der Waals surface area contributed by atoms with E-state index in [-0.39, 0.29) is 0 Å². The monoisotopic (exact) mass is 250 g/mol. The molecule has 0 amide bonds. The molecule has 0 spiro atoms. The van der Waals surface area contributed by atoms with Gasteiger partial charge in [0.1, 0.15) is 5.03 Å². The van der Waals surface area contributed by atoms with Gasteiger partial charge in [-0.2, -0.15) is 0 Å². The molecule has 1 unspecified atom stereocenters. The third-order valence-electron chi connectivity index (χ3n) is 3.48. The van der Waals surface area contributed by atoms with E-state index in [1.807, 2.05) is 6.20 Å². The minimum Gasteiger partial charge on any atom is -0.296 e. The first-order valence-electron chi connectivity index (χ1n) is 6.59. The Kier molecular flexibility index (Phi) is 4.86. The average Bonchev–Trinajstić information content (AvgIpc) is 2.40. The van der Waals surface area contributed by atoms with Gasteiger partial charge in [0.15, 0.2) is 0 Å². The number of hydrogen-bond acceptors (Lipinski definition) is 3. The molecule has 1 aliphatic rings. The fourth-order valence-corrected chi connectivity index (χ4v) is 3.33. The lowest BCUT2D eigenvalue weighted by atomic mass is 9.96. The van der Waals surface area contributed by atoms with Gasteiger partial charge in [-0.25, -0.2) is 4.98 Å². The number of nitrogens with zero attached hydrogens (tertiary/aromatic N) is 2. The van der Waals surface area contributed by atoms with Gasteiger partial charge in [0, 0.05) is 17.8 Å². The second-order valence-corrected chi connectivity index (χ2v) is 5.44. The number of rotatable bonds is 4. The predicted molar refractivity (Wildman–Crippen MR) is 74.5 cm³/mol. The van der Waals surface area contributed by atoms with Crippen LogP contribution in [0.3, 0.4) is 0 Å². The highest BCUT2D eigenvalue weighted by Crippen LogP contribution is 2.34. The van der Waals surface area contributed by atoms with Crippen LogP contribution in [0.1, 0.15) is 44.2 Å². The second-order valence-electron chi connectivity index (χ2n) is 4.65. The molecule has 0 aromatic carbocycles. The zero-order valence-corrected chi connectivity index (χ0v) is 11.7. The SMILES string of the molecule is CCCN1CCCCC1c1cccnc1SC. The van der Waals surface area contributed by atoms with Gasteiger partial charge >= 0.3 is 0 Å². The van der Waals surface area contributed by atoms with Crippen LogP contribution in [0.5, 0.6) is 0 Å². The van der Waals surface area contributed by atoms with Gasteiger partial charge in [0.25, 0.3) is 0 Å². The fraction of sp³-hybridized carbons (Fsp3) is 0.643. The standard InChI is InChI=1S/C14H22N2S/c1-3-10-16-11-5-4-8-13(16)12-7-6-9-15-14(12)17-2/h6-7,9,13H,3-5,8,10-11H2,1-2H3. The molecule has 1 aliphatic heterocycles. The van der Waals surface area contributed by atoms with Gasteiger partial charge < -0.3 is 0 Å². The van der Waals surface area contributed by atoms with E-state index >= 15 is 0 Å². The van der Waals surface area contributed by atoms with Crippen LogP contribution in [0.4, 0.5) is 0 Å². The Bertz CT molecular complexity index is 352. The normalized spacial score (nSPS) is 21.6. The molecule has 1 saturated heterocycles. The summed E-state index contributed by atoms with van der Waals surface area (Å²) in [6.45, 7) is 4.74. The van der Waals surface area contributed by atoms with Crippen molar-refractivity contribution in [3.05, 3.63) is 23.9 Å². The molecule has 1 atom stereocenters. The molecule has 0 saturated carbocycles. The molecule has 94 valence electrons. The second kappa shape index (κ2) is 6.41. The molecule has 0 N–H and O–H groups in total. The van der Waals surface area contributed by atoms with E-state index in [1.54, 1.807) is 11.8 Å². The summed E-state index contributed by atoms with van der Waals surface area (Å²) in [6.07, 6.45) is 9.27. The van der Waals surface area contributed by atoms with E-state index in [0.717, 1.165) is 0 Å². The molecule has 0 radical (unpaired) electrons. The molecule has 1 fully saturated rings. The van der Waals surface area contributed by atoms with Crippen LogP contribution < -0.4 is 0 Å². The van der Waals surface area contributed by atoms with Crippen LogP contribution in [-0.2, 0) is 0 Å². The molecule has 2 rings (SSSR count). The van der Waals surface area contributed by atoms with Crippen molar-refractivity contribution in [2.24, 2.45) is 0 Å². The van der Waals surface area contributed by atoms with Crippen LogP contribution in [0.15, 0.2) is 23.4 Å². The maximum absolute atomic E-state index is 4.50. The Morgan fingerprint density at radius 3 is 3.12 bits per heavy atom. The highest BCUT2D eigenvalue weighted by atomic mass is 32.2. The maximum Gasteiger partial charge on any atom is 0.100 e. The third kappa shape index (κ3) is 3.02. The third-order valence-corrected chi connectivity index (χ3v) is 4.21. The molecule has 1 aromatic heterocycles. The Labute approximate surface area is 109 Å². The van der Waals surface area contributed by atoms with Crippen LogP contribution in [-0.4, -0.2) is 29.2 Å². The van der Waals surface area contributed by atoms with Crippen molar-refractivity contribution in [1.82, 2.24) is 9.88 Å². The average molecular weight is 250 g/mol. The Hall–Kier alpha value is -0.540. The number of likely N-dealkylation sites (tertiary alicyclic amines) is 1. The van der Waals surface area contributed by atoms with E-state index < -0.39 is 0 Å². The lowest BCUT2D eigenvalue weighted by Crippen LogP contribution is -2.34. The largest absolute Gasteiger partial charge is 0.296 e. The van der Waals surface area contributed by atoms with Crippen molar-refractivity contribution in [1.29, 1.82) is 0 Å². The van der Waals surface area contributed by atoms with E-state index in [0.29, 0.717) is 6.04 Å². The Morgan fingerprint density at radius 1 is 1.47 bits per heavy atom. The van der Waals surface area contributed by atoms with Crippen LogP contribution in [0.25, 0.3) is 0 Å². The smallest absolute Gasteiger partial charge is 0.100 e. The molecule has 2 heterocycles. The molecular weight excluding hydrogens is 228 g/mol. The topological polar surface area (TPSA) is 16.1 Å². The highest BCUT2D eigenvalue weighted by Gasteiger charge is 2.25. The van der Waals surface area contributed by atoms with Crippen molar-refractivity contribution in [2.45, 2.75) is 43.7 Å². The van der Waals surface area contributed by atoms with E-state index in [1.165, 1.54) is 49.4 Å². The summed E-state index contributed by atoms with van der Waals surface area (Å²) in [5.74, 6) is 0. The summed E-state index contributed by atoms with van der Waals surface area (Å²) < 4.78 is 0. The summed E-state index contributed by atoms with van der Waals surface area (Å²) in [5, 5.41) is 1.21. The first kappa shape index (κ1) is 12.9. The van der Waals surface area contributed by atoms with Crippen LogP contribution in [0.2, 0.25) is 0 Å². The minimum absolute atomic E-state index is 0.597. The fourth-order valence-electron chi connectivity index (χ4n) is 2.73.